The molecule has 1 heterocycles. The topological polar surface area (TPSA) is 126 Å². The van der Waals surface area contributed by atoms with Crippen molar-refractivity contribution in [3.63, 3.8) is 0 Å². The Kier molecular flexibility index (Phi) is 6.26. The maximum atomic E-state index is 12.6. The smallest absolute Gasteiger partial charge is 0.271 e. The van der Waals surface area contributed by atoms with Gasteiger partial charge in [-0.25, -0.2) is 4.98 Å². The van der Waals surface area contributed by atoms with E-state index in [1.165, 1.54) is 24.5 Å². The molecular weight excluding hydrogens is 392 g/mol. The van der Waals surface area contributed by atoms with E-state index in [-0.39, 0.29) is 23.1 Å². The minimum absolute atomic E-state index is 0.164. The molecule has 0 aliphatic rings. The Morgan fingerprint density at radius 2 is 1.93 bits per heavy atom. The molecular formula is C20H20N4O6. The fourth-order valence-electron chi connectivity index (χ4n) is 2.86. The van der Waals surface area contributed by atoms with Gasteiger partial charge in [-0.1, -0.05) is 0 Å². The number of carbonyl (C=O) groups excluding carboxylic acids is 1. The Labute approximate surface area is 171 Å². The van der Waals surface area contributed by atoms with Gasteiger partial charge in [0.25, 0.3) is 11.2 Å². The third-order valence-corrected chi connectivity index (χ3v) is 4.17. The number of carbonyl (C=O) groups is 1. The molecule has 3 rings (SSSR count). The van der Waals surface area contributed by atoms with Crippen molar-refractivity contribution in [1.82, 2.24) is 9.55 Å². The van der Waals surface area contributed by atoms with E-state index >= 15 is 0 Å². The molecule has 0 aliphatic heterocycles. The fourth-order valence-corrected chi connectivity index (χ4v) is 2.86. The van der Waals surface area contributed by atoms with Gasteiger partial charge < -0.3 is 14.8 Å². The summed E-state index contributed by atoms with van der Waals surface area (Å²) in [5, 5.41) is 13.8. The molecule has 0 fully saturated rings. The zero-order chi connectivity index (χ0) is 21.7. The maximum Gasteiger partial charge on any atom is 0.271 e. The number of anilines is 1. The van der Waals surface area contributed by atoms with Gasteiger partial charge in [-0.05, 0) is 32.0 Å². The summed E-state index contributed by atoms with van der Waals surface area (Å²) >= 11 is 0. The van der Waals surface area contributed by atoms with Crippen LogP contribution in [0, 0.1) is 10.1 Å². The maximum absolute atomic E-state index is 12.6. The van der Waals surface area contributed by atoms with Gasteiger partial charge in [0.05, 0.1) is 41.1 Å². The van der Waals surface area contributed by atoms with Crippen molar-refractivity contribution in [2.24, 2.45) is 0 Å². The van der Waals surface area contributed by atoms with Gasteiger partial charge in [0.2, 0.25) is 5.91 Å². The number of ether oxygens (including phenoxy) is 2. The predicted molar refractivity (Wildman–Crippen MR) is 110 cm³/mol. The normalized spacial score (nSPS) is 10.6. The first kappa shape index (κ1) is 20.8. The molecule has 0 aliphatic carbocycles. The second kappa shape index (κ2) is 9.03. The largest absolute Gasteiger partial charge is 0.494 e. The summed E-state index contributed by atoms with van der Waals surface area (Å²) < 4.78 is 12.1. The van der Waals surface area contributed by atoms with Crippen LogP contribution in [0.3, 0.4) is 0 Å². The molecule has 10 heteroatoms. The van der Waals surface area contributed by atoms with Crippen molar-refractivity contribution in [3.8, 4) is 11.5 Å². The highest BCUT2D eigenvalue weighted by atomic mass is 16.6. The lowest BCUT2D eigenvalue weighted by atomic mass is 10.2. The zero-order valence-corrected chi connectivity index (χ0v) is 16.5. The first-order chi connectivity index (χ1) is 14.4. The summed E-state index contributed by atoms with van der Waals surface area (Å²) in [6.45, 7) is 4.27. The Balaban J connectivity index is 1.84. The average Bonchev–Trinajstić information content (AvgIpc) is 2.72. The second-order valence-corrected chi connectivity index (χ2v) is 6.21. The molecule has 30 heavy (non-hydrogen) atoms. The second-order valence-electron chi connectivity index (χ2n) is 6.21. The number of aromatic nitrogens is 2. The Hall–Kier alpha value is -3.95. The van der Waals surface area contributed by atoms with Crippen LogP contribution < -0.4 is 20.3 Å². The molecule has 0 spiro atoms. The highest BCUT2D eigenvalue weighted by Gasteiger charge is 2.14. The van der Waals surface area contributed by atoms with Gasteiger partial charge in [0, 0.05) is 18.2 Å². The number of non-ortho nitro benzene ring substituents is 1. The number of nitro benzene ring substituents is 1. The molecule has 1 amide bonds. The highest BCUT2D eigenvalue weighted by Crippen LogP contribution is 2.29. The van der Waals surface area contributed by atoms with E-state index in [9.17, 15) is 19.7 Å². The van der Waals surface area contributed by atoms with Crippen LogP contribution in [0.2, 0.25) is 0 Å². The van der Waals surface area contributed by atoms with Crippen LogP contribution >= 0.6 is 0 Å². The van der Waals surface area contributed by atoms with Crippen molar-refractivity contribution < 1.29 is 19.2 Å². The molecule has 1 aromatic heterocycles. The summed E-state index contributed by atoms with van der Waals surface area (Å²) in [4.78, 5) is 39.6. The number of benzene rings is 2. The van der Waals surface area contributed by atoms with E-state index in [0.717, 1.165) is 4.57 Å². The third-order valence-electron chi connectivity index (χ3n) is 4.17. The van der Waals surface area contributed by atoms with E-state index in [1.807, 2.05) is 13.8 Å². The van der Waals surface area contributed by atoms with Crippen molar-refractivity contribution in [2.45, 2.75) is 20.4 Å². The van der Waals surface area contributed by atoms with E-state index < -0.39 is 16.4 Å². The lowest BCUT2D eigenvalue weighted by molar-refractivity contribution is -0.384. The van der Waals surface area contributed by atoms with Gasteiger partial charge in [-0.2, -0.15) is 0 Å². The van der Waals surface area contributed by atoms with Crippen LogP contribution in [0.25, 0.3) is 10.9 Å². The SMILES string of the molecule is CCOc1ccc(OCC)c(NC(=O)Cn2cnc3cc([N+](=O)[O-])ccc3c2=O)c1. The standard InChI is InChI=1S/C20H20N4O6/c1-3-29-14-6-8-18(30-4-2)17(10-14)22-19(25)11-23-12-21-16-9-13(24(27)28)5-7-15(16)20(23)26/h5-10,12H,3-4,11H2,1-2H3,(H,22,25). The highest BCUT2D eigenvalue weighted by molar-refractivity contribution is 5.92. The first-order valence-corrected chi connectivity index (χ1v) is 9.26. The van der Waals surface area contributed by atoms with Crippen molar-refractivity contribution in [1.29, 1.82) is 0 Å². The van der Waals surface area contributed by atoms with Crippen molar-refractivity contribution >= 4 is 28.2 Å². The quantitative estimate of drug-likeness (QED) is 0.445. The van der Waals surface area contributed by atoms with Gasteiger partial charge in [0.1, 0.15) is 18.0 Å². The number of nitro groups is 1. The monoisotopic (exact) mass is 412 g/mol. The van der Waals surface area contributed by atoms with Crippen LogP contribution in [0.5, 0.6) is 11.5 Å². The molecule has 0 saturated heterocycles. The third kappa shape index (κ3) is 4.54. The first-order valence-electron chi connectivity index (χ1n) is 9.26. The van der Waals surface area contributed by atoms with Gasteiger partial charge in [0.15, 0.2) is 0 Å². The summed E-state index contributed by atoms with van der Waals surface area (Å²) in [7, 11) is 0. The average molecular weight is 412 g/mol. The Morgan fingerprint density at radius 1 is 1.17 bits per heavy atom. The molecule has 0 saturated carbocycles. The van der Waals surface area contributed by atoms with E-state index in [4.69, 9.17) is 9.47 Å². The minimum atomic E-state index is -0.563. The molecule has 10 nitrogen and oxygen atoms in total. The number of rotatable bonds is 8. The summed E-state index contributed by atoms with van der Waals surface area (Å²) in [6.07, 6.45) is 1.19. The predicted octanol–water partition coefficient (Wildman–Crippen LogP) is 2.74. The lowest BCUT2D eigenvalue weighted by Crippen LogP contribution is -2.28. The van der Waals surface area contributed by atoms with E-state index in [2.05, 4.69) is 10.3 Å². The van der Waals surface area contributed by atoms with Crippen molar-refractivity contribution in [2.75, 3.05) is 18.5 Å². The molecule has 0 radical (unpaired) electrons. The van der Waals surface area contributed by atoms with Crippen LogP contribution in [0.15, 0.2) is 47.5 Å². The summed E-state index contributed by atoms with van der Waals surface area (Å²) in [5.41, 5.74) is -0.0280. The fraction of sp³-hybridized carbons (Fsp3) is 0.250. The van der Waals surface area contributed by atoms with Gasteiger partial charge >= 0.3 is 0 Å². The Morgan fingerprint density at radius 3 is 2.63 bits per heavy atom. The summed E-state index contributed by atoms with van der Waals surface area (Å²) in [6, 6.07) is 8.85. The van der Waals surface area contributed by atoms with Gasteiger partial charge in [-0.3, -0.25) is 24.3 Å². The van der Waals surface area contributed by atoms with Crippen LogP contribution in [-0.2, 0) is 11.3 Å². The molecule has 2 aromatic carbocycles. The van der Waals surface area contributed by atoms with E-state index in [1.54, 1.807) is 18.2 Å². The number of nitrogens with zero attached hydrogens (tertiary/aromatic N) is 3. The molecule has 0 unspecified atom stereocenters. The number of hydrogen-bond donors (Lipinski definition) is 1. The van der Waals surface area contributed by atoms with Crippen LogP contribution in [0.1, 0.15) is 13.8 Å². The summed E-state index contributed by atoms with van der Waals surface area (Å²) in [5.74, 6) is 0.586. The van der Waals surface area contributed by atoms with Crippen LogP contribution in [-0.4, -0.2) is 33.6 Å². The van der Waals surface area contributed by atoms with E-state index in [0.29, 0.717) is 30.4 Å². The molecule has 0 atom stereocenters. The molecule has 3 aromatic rings. The number of amides is 1. The minimum Gasteiger partial charge on any atom is -0.494 e. The molecule has 0 bridgehead atoms. The van der Waals surface area contributed by atoms with Crippen LogP contribution in [0.4, 0.5) is 11.4 Å². The Bertz CT molecular complexity index is 1160. The number of hydrogen-bond acceptors (Lipinski definition) is 7. The van der Waals surface area contributed by atoms with Gasteiger partial charge in [-0.15, -0.1) is 0 Å². The zero-order valence-electron chi connectivity index (χ0n) is 16.5. The van der Waals surface area contributed by atoms with Crippen molar-refractivity contribution in [3.05, 3.63) is 63.2 Å². The number of fused-ring (bicyclic) bond motifs is 1. The lowest BCUT2D eigenvalue weighted by Gasteiger charge is -2.14. The molecule has 1 N–H and O–H groups in total. The molecule has 156 valence electrons. The number of nitrogens with one attached hydrogen (secondary N) is 1.